The normalized spacial score (nSPS) is 14.7. The van der Waals surface area contributed by atoms with Crippen molar-refractivity contribution in [3.8, 4) is 0 Å². The molecule has 0 spiro atoms. The SMILES string of the molecule is NC(=O)c1ncccc1N1CSC=N1. The second-order valence-electron chi connectivity index (χ2n) is 2.65. The maximum Gasteiger partial charge on any atom is 0.269 e. The standard InChI is InChI=1S/C8H8N4OS/c9-8(13)7-6(2-1-3-10-7)12-5-14-4-11-12/h1-4H,5H2,(H2,9,13). The highest BCUT2D eigenvalue weighted by Crippen LogP contribution is 2.23. The van der Waals surface area contributed by atoms with Gasteiger partial charge in [0, 0.05) is 6.20 Å². The number of rotatable bonds is 2. The van der Waals surface area contributed by atoms with Gasteiger partial charge in [-0.25, -0.2) is 4.98 Å². The minimum absolute atomic E-state index is 0.257. The third-order valence-corrected chi connectivity index (χ3v) is 2.39. The molecule has 2 heterocycles. The van der Waals surface area contributed by atoms with Gasteiger partial charge in [-0.2, -0.15) is 5.10 Å². The van der Waals surface area contributed by atoms with Gasteiger partial charge in [0.2, 0.25) is 0 Å². The molecule has 14 heavy (non-hydrogen) atoms. The Balaban J connectivity index is 2.40. The minimum Gasteiger partial charge on any atom is -0.364 e. The molecule has 72 valence electrons. The molecule has 0 bridgehead atoms. The average Bonchev–Trinajstić information content (AvgIpc) is 2.70. The fourth-order valence-corrected chi connectivity index (χ4v) is 1.75. The minimum atomic E-state index is -0.535. The van der Waals surface area contributed by atoms with Crippen LogP contribution in [0.5, 0.6) is 0 Å². The lowest BCUT2D eigenvalue weighted by Crippen LogP contribution is -2.20. The zero-order valence-electron chi connectivity index (χ0n) is 7.25. The lowest BCUT2D eigenvalue weighted by Gasteiger charge is -2.14. The quantitative estimate of drug-likeness (QED) is 0.774. The lowest BCUT2D eigenvalue weighted by molar-refractivity contribution is 0.0996. The van der Waals surface area contributed by atoms with Crippen LogP contribution in [0.25, 0.3) is 0 Å². The number of hydrazone groups is 1. The highest BCUT2D eigenvalue weighted by Gasteiger charge is 2.16. The van der Waals surface area contributed by atoms with Crippen molar-refractivity contribution in [2.75, 3.05) is 10.9 Å². The first kappa shape index (κ1) is 9.01. The largest absolute Gasteiger partial charge is 0.364 e. The first-order chi connectivity index (χ1) is 6.79. The number of hydrogen-bond acceptors (Lipinski definition) is 5. The number of carbonyl (C=O) groups excluding carboxylic acids is 1. The Morgan fingerprint density at radius 1 is 1.64 bits per heavy atom. The molecule has 0 aromatic carbocycles. The molecule has 0 unspecified atom stereocenters. The number of primary amides is 1. The van der Waals surface area contributed by atoms with Gasteiger partial charge in [0.25, 0.3) is 5.91 Å². The Hall–Kier alpha value is -1.56. The van der Waals surface area contributed by atoms with Crippen molar-refractivity contribution in [1.82, 2.24) is 4.98 Å². The Morgan fingerprint density at radius 2 is 2.50 bits per heavy atom. The Labute approximate surface area is 85.0 Å². The van der Waals surface area contributed by atoms with E-state index in [-0.39, 0.29) is 5.69 Å². The first-order valence-corrected chi connectivity index (χ1v) is 5.00. The Bertz CT molecular complexity index is 393. The molecular formula is C8H8N4OS. The number of thioether (sulfide) groups is 1. The second-order valence-corrected chi connectivity index (χ2v) is 3.45. The van der Waals surface area contributed by atoms with E-state index in [0.29, 0.717) is 11.6 Å². The van der Waals surface area contributed by atoms with Crippen LogP contribution < -0.4 is 10.7 Å². The molecule has 0 saturated carbocycles. The zero-order chi connectivity index (χ0) is 9.97. The van der Waals surface area contributed by atoms with Gasteiger partial charge in [0.05, 0.1) is 17.1 Å². The predicted molar refractivity (Wildman–Crippen MR) is 56.2 cm³/mol. The van der Waals surface area contributed by atoms with E-state index in [4.69, 9.17) is 5.73 Å². The van der Waals surface area contributed by atoms with Crippen LogP contribution >= 0.6 is 11.8 Å². The van der Waals surface area contributed by atoms with Gasteiger partial charge < -0.3 is 5.73 Å². The number of nitrogens with zero attached hydrogens (tertiary/aromatic N) is 3. The summed E-state index contributed by atoms with van der Waals surface area (Å²) in [5.41, 5.74) is 7.83. The number of amides is 1. The Kier molecular flexibility index (Phi) is 2.36. The number of hydrogen-bond donors (Lipinski definition) is 1. The van der Waals surface area contributed by atoms with E-state index in [9.17, 15) is 4.79 Å². The summed E-state index contributed by atoms with van der Waals surface area (Å²) in [7, 11) is 0. The first-order valence-electron chi connectivity index (χ1n) is 3.95. The molecule has 0 saturated heterocycles. The van der Waals surface area contributed by atoms with E-state index in [2.05, 4.69) is 10.1 Å². The fraction of sp³-hybridized carbons (Fsp3) is 0.125. The molecule has 1 amide bonds. The van der Waals surface area contributed by atoms with Crippen molar-refractivity contribution in [2.24, 2.45) is 10.8 Å². The molecule has 1 aliphatic heterocycles. The molecule has 0 radical (unpaired) electrons. The summed E-state index contributed by atoms with van der Waals surface area (Å²) in [6.45, 7) is 0. The van der Waals surface area contributed by atoms with Crippen molar-refractivity contribution in [2.45, 2.75) is 0 Å². The van der Waals surface area contributed by atoms with E-state index >= 15 is 0 Å². The highest BCUT2D eigenvalue weighted by atomic mass is 32.2. The topological polar surface area (TPSA) is 71.6 Å². The summed E-state index contributed by atoms with van der Waals surface area (Å²) >= 11 is 1.55. The van der Waals surface area contributed by atoms with Crippen molar-refractivity contribution in [3.05, 3.63) is 24.0 Å². The number of nitrogens with two attached hydrogens (primary N) is 1. The molecule has 1 aromatic rings. The van der Waals surface area contributed by atoms with E-state index < -0.39 is 5.91 Å². The lowest BCUT2D eigenvalue weighted by atomic mass is 10.3. The van der Waals surface area contributed by atoms with Gasteiger partial charge in [-0.15, -0.1) is 0 Å². The molecule has 0 fully saturated rings. The van der Waals surface area contributed by atoms with Gasteiger partial charge in [0.15, 0.2) is 5.69 Å². The number of aromatic nitrogens is 1. The maximum absolute atomic E-state index is 11.1. The number of pyridine rings is 1. The number of anilines is 1. The van der Waals surface area contributed by atoms with E-state index in [1.165, 1.54) is 6.20 Å². The summed E-state index contributed by atoms with van der Waals surface area (Å²) in [4.78, 5) is 15.0. The molecule has 1 aliphatic rings. The Morgan fingerprint density at radius 3 is 3.14 bits per heavy atom. The van der Waals surface area contributed by atoms with Crippen LogP contribution in [0.3, 0.4) is 0 Å². The van der Waals surface area contributed by atoms with Crippen LogP contribution in [0, 0.1) is 0 Å². The third-order valence-electron chi connectivity index (χ3n) is 1.76. The highest BCUT2D eigenvalue weighted by molar-refractivity contribution is 8.12. The molecule has 5 nitrogen and oxygen atoms in total. The average molecular weight is 208 g/mol. The summed E-state index contributed by atoms with van der Waals surface area (Å²) in [6.07, 6.45) is 1.54. The van der Waals surface area contributed by atoms with E-state index in [1.54, 1.807) is 34.5 Å². The summed E-state index contributed by atoms with van der Waals surface area (Å²) in [6, 6.07) is 3.52. The van der Waals surface area contributed by atoms with Gasteiger partial charge in [-0.3, -0.25) is 9.80 Å². The molecule has 2 rings (SSSR count). The van der Waals surface area contributed by atoms with Crippen LogP contribution in [0.4, 0.5) is 5.69 Å². The van der Waals surface area contributed by atoms with Crippen molar-refractivity contribution >= 4 is 28.9 Å². The van der Waals surface area contributed by atoms with Crippen LogP contribution in [0.15, 0.2) is 23.4 Å². The van der Waals surface area contributed by atoms with Crippen LogP contribution in [0.2, 0.25) is 0 Å². The molecular weight excluding hydrogens is 200 g/mol. The molecule has 0 atom stereocenters. The van der Waals surface area contributed by atoms with Crippen molar-refractivity contribution in [1.29, 1.82) is 0 Å². The molecule has 0 aliphatic carbocycles. The fourth-order valence-electron chi connectivity index (χ4n) is 1.15. The van der Waals surface area contributed by atoms with Crippen molar-refractivity contribution < 1.29 is 4.79 Å². The molecule has 2 N–H and O–H groups in total. The van der Waals surface area contributed by atoms with Crippen LogP contribution in [-0.4, -0.2) is 22.3 Å². The van der Waals surface area contributed by atoms with Crippen LogP contribution in [-0.2, 0) is 0 Å². The second kappa shape index (κ2) is 3.67. The van der Waals surface area contributed by atoms with E-state index in [0.717, 1.165) is 0 Å². The number of carbonyl (C=O) groups is 1. The maximum atomic E-state index is 11.1. The summed E-state index contributed by atoms with van der Waals surface area (Å²) in [5.74, 6) is 0.152. The van der Waals surface area contributed by atoms with Gasteiger partial charge in [-0.1, -0.05) is 11.8 Å². The molecule has 1 aromatic heterocycles. The van der Waals surface area contributed by atoms with Gasteiger partial charge >= 0.3 is 0 Å². The van der Waals surface area contributed by atoms with Crippen LogP contribution in [0.1, 0.15) is 10.5 Å². The monoisotopic (exact) mass is 208 g/mol. The van der Waals surface area contributed by atoms with E-state index in [1.807, 2.05) is 0 Å². The summed E-state index contributed by atoms with van der Waals surface area (Å²) in [5, 5.41) is 5.76. The van der Waals surface area contributed by atoms with Gasteiger partial charge in [-0.05, 0) is 12.1 Å². The predicted octanol–water partition coefficient (Wildman–Crippen LogP) is 0.634. The summed E-state index contributed by atoms with van der Waals surface area (Å²) < 4.78 is 0. The smallest absolute Gasteiger partial charge is 0.269 e. The molecule has 6 heteroatoms. The van der Waals surface area contributed by atoms with Crippen molar-refractivity contribution in [3.63, 3.8) is 0 Å². The zero-order valence-corrected chi connectivity index (χ0v) is 8.07. The third kappa shape index (κ3) is 1.56. The van der Waals surface area contributed by atoms with Gasteiger partial charge in [0.1, 0.15) is 0 Å².